The zero-order chi connectivity index (χ0) is 37.5. The van der Waals surface area contributed by atoms with Gasteiger partial charge in [0.15, 0.2) is 17.5 Å². The van der Waals surface area contributed by atoms with Crippen LogP contribution in [0, 0.1) is 0 Å². The first kappa shape index (κ1) is 31.5. The average molecular weight is 731 g/mol. The predicted octanol–water partition coefficient (Wildman–Crippen LogP) is 13.4. The Morgan fingerprint density at radius 3 is 1.60 bits per heavy atom. The minimum absolute atomic E-state index is 0.554. The lowest BCUT2D eigenvalue weighted by Crippen LogP contribution is -2.00. The average Bonchev–Trinajstić information content (AvgIpc) is 3.96. The van der Waals surface area contributed by atoms with E-state index in [0.717, 1.165) is 88.4 Å². The van der Waals surface area contributed by atoms with Crippen LogP contribution in [0.2, 0.25) is 0 Å². The van der Waals surface area contributed by atoms with E-state index < -0.39 is 0 Å². The molecule has 0 aliphatic rings. The van der Waals surface area contributed by atoms with Crippen molar-refractivity contribution in [3.05, 3.63) is 182 Å². The molecule has 6 heteroatoms. The maximum atomic E-state index is 6.78. The number of benzene rings is 8. The van der Waals surface area contributed by atoms with Crippen LogP contribution in [0.1, 0.15) is 0 Å². The SMILES string of the molecule is c1ccc(-c2nc(-c3ccccc3)nc(-c3cccc4c3oc3cc(-c5cccc6c5oc5cccc(-n7c8ccccc8c8ccccc87)c56)ccc34)n2)cc1. The Hall–Kier alpha value is -7.83. The summed E-state index contributed by atoms with van der Waals surface area (Å²) in [6.07, 6.45) is 0. The summed E-state index contributed by atoms with van der Waals surface area (Å²) in [5, 5.41) is 6.60. The van der Waals surface area contributed by atoms with Crippen molar-refractivity contribution in [2.24, 2.45) is 0 Å². The second-order valence-corrected chi connectivity index (χ2v) is 14.3. The van der Waals surface area contributed by atoms with Gasteiger partial charge in [-0.05, 0) is 48.0 Å². The molecule has 0 saturated heterocycles. The van der Waals surface area contributed by atoms with Gasteiger partial charge in [0, 0.05) is 43.6 Å². The fraction of sp³-hybridized carbons (Fsp3) is 0. The Labute approximate surface area is 325 Å². The number of aromatic nitrogens is 4. The molecular formula is C51H30N4O2. The first-order valence-corrected chi connectivity index (χ1v) is 19.0. The van der Waals surface area contributed by atoms with Crippen molar-refractivity contribution in [3.63, 3.8) is 0 Å². The van der Waals surface area contributed by atoms with Gasteiger partial charge < -0.3 is 13.4 Å². The zero-order valence-electron chi connectivity index (χ0n) is 30.4. The highest BCUT2D eigenvalue weighted by molar-refractivity contribution is 6.17. The smallest absolute Gasteiger partial charge is 0.167 e. The molecule has 0 atom stereocenters. The fourth-order valence-corrected chi connectivity index (χ4v) is 8.50. The minimum Gasteiger partial charge on any atom is -0.455 e. The number of furan rings is 2. The number of hydrogen-bond donors (Lipinski definition) is 0. The Bertz CT molecular complexity index is 3410. The largest absolute Gasteiger partial charge is 0.455 e. The lowest BCUT2D eigenvalue weighted by molar-refractivity contribution is 0.668. The van der Waals surface area contributed by atoms with Crippen LogP contribution in [-0.2, 0) is 0 Å². The third-order valence-corrected chi connectivity index (χ3v) is 11.1. The molecule has 4 heterocycles. The van der Waals surface area contributed by atoms with Crippen molar-refractivity contribution in [2.45, 2.75) is 0 Å². The summed E-state index contributed by atoms with van der Waals surface area (Å²) in [6.45, 7) is 0. The first-order valence-electron chi connectivity index (χ1n) is 19.0. The van der Waals surface area contributed by atoms with Crippen LogP contribution in [0.3, 0.4) is 0 Å². The molecule has 57 heavy (non-hydrogen) atoms. The zero-order valence-corrected chi connectivity index (χ0v) is 30.4. The Morgan fingerprint density at radius 1 is 0.351 bits per heavy atom. The van der Waals surface area contributed by atoms with Crippen LogP contribution in [0.25, 0.3) is 117 Å². The highest BCUT2D eigenvalue weighted by atomic mass is 16.3. The third-order valence-electron chi connectivity index (χ3n) is 11.1. The molecular weight excluding hydrogens is 701 g/mol. The van der Waals surface area contributed by atoms with E-state index in [9.17, 15) is 0 Å². The van der Waals surface area contributed by atoms with Crippen molar-refractivity contribution >= 4 is 65.7 Å². The van der Waals surface area contributed by atoms with Gasteiger partial charge in [-0.1, -0.05) is 140 Å². The van der Waals surface area contributed by atoms with Crippen LogP contribution in [0.4, 0.5) is 0 Å². The van der Waals surface area contributed by atoms with E-state index >= 15 is 0 Å². The number of rotatable bonds is 5. The molecule has 266 valence electrons. The maximum absolute atomic E-state index is 6.78. The van der Waals surface area contributed by atoms with Crippen molar-refractivity contribution in [1.29, 1.82) is 0 Å². The monoisotopic (exact) mass is 730 g/mol. The van der Waals surface area contributed by atoms with Crippen molar-refractivity contribution in [1.82, 2.24) is 19.5 Å². The fourth-order valence-electron chi connectivity index (χ4n) is 8.50. The summed E-state index contributed by atoms with van der Waals surface area (Å²) < 4.78 is 15.9. The lowest BCUT2D eigenvalue weighted by atomic mass is 10.00. The summed E-state index contributed by atoms with van der Waals surface area (Å²) in [5.74, 6) is 1.77. The van der Waals surface area contributed by atoms with Crippen LogP contribution in [-0.4, -0.2) is 19.5 Å². The molecule has 0 aliphatic heterocycles. The molecule has 6 nitrogen and oxygen atoms in total. The highest BCUT2D eigenvalue weighted by Gasteiger charge is 2.21. The molecule has 0 fully saturated rings. The van der Waals surface area contributed by atoms with Crippen LogP contribution in [0.5, 0.6) is 0 Å². The van der Waals surface area contributed by atoms with Crippen LogP contribution >= 0.6 is 0 Å². The van der Waals surface area contributed by atoms with Crippen molar-refractivity contribution < 1.29 is 8.83 Å². The van der Waals surface area contributed by atoms with Gasteiger partial charge in [-0.3, -0.25) is 0 Å². The maximum Gasteiger partial charge on any atom is 0.167 e. The first-order chi connectivity index (χ1) is 28.3. The van der Waals surface area contributed by atoms with Crippen molar-refractivity contribution in [2.75, 3.05) is 0 Å². The number of para-hydroxylation sites is 4. The topological polar surface area (TPSA) is 69.9 Å². The van der Waals surface area contributed by atoms with Gasteiger partial charge in [-0.25, -0.2) is 15.0 Å². The second-order valence-electron chi connectivity index (χ2n) is 14.3. The quantitative estimate of drug-likeness (QED) is 0.176. The van der Waals surface area contributed by atoms with E-state index in [1.807, 2.05) is 72.8 Å². The number of fused-ring (bicyclic) bond motifs is 9. The van der Waals surface area contributed by atoms with Gasteiger partial charge in [0.25, 0.3) is 0 Å². The molecule has 0 amide bonds. The number of nitrogens with zero attached hydrogens (tertiary/aromatic N) is 4. The van der Waals surface area contributed by atoms with E-state index in [1.165, 1.54) is 10.8 Å². The van der Waals surface area contributed by atoms with E-state index in [2.05, 4.69) is 114 Å². The summed E-state index contributed by atoms with van der Waals surface area (Å²) in [7, 11) is 0. The number of hydrogen-bond acceptors (Lipinski definition) is 5. The van der Waals surface area contributed by atoms with Gasteiger partial charge in [-0.2, -0.15) is 0 Å². The molecule has 0 saturated carbocycles. The summed E-state index contributed by atoms with van der Waals surface area (Å²) in [6, 6.07) is 62.6. The molecule has 0 spiro atoms. The summed E-state index contributed by atoms with van der Waals surface area (Å²) in [5.41, 5.74) is 11.2. The summed E-state index contributed by atoms with van der Waals surface area (Å²) in [4.78, 5) is 14.9. The Balaban J connectivity index is 1.02. The van der Waals surface area contributed by atoms with Crippen LogP contribution < -0.4 is 0 Å². The second kappa shape index (κ2) is 12.3. The van der Waals surface area contributed by atoms with Gasteiger partial charge in [0.2, 0.25) is 0 Å². The van der Waals surface area contributed by atoms with E-state index in [-0.39, 0.29) is 0 Å². The van der Waals surface area contributed by atoms with Gasteiger partial charge in [-0.15, -0.1) is 0 Å². The van der Waals surface area contributed by atoms with E-state index in [4.69, 9.17) is 23.8 Å². The van der Waals surface area contributed by atoms with Gasteiger partial charge in [0.1, 0.15) is 22.3 Å². The molecule has 12 rings (SSSR count). The Kier molecular flexibility index (Phi) is 6.83. The lowest BCUT2D eigenvalue weighted by Gasteiger charge is -2.09. The predicted molar refractivity (Wildman–Crippen MR) is 230 cm³/mol. The molecule has 0 N–H and O–H groups in total. The molecule has 12 aromatic rings. The molecule has 0 bridgehead atoms. The highest BCUT2D eigenvalue weighted by Crippen LogP contribution is 2.43. The van der Waals surface area contributed by atoms with E-state index in [1.54, 1.807) is 0 Å². The molecule has 8 aromatic carbocycles. The molecule has 0 aliphatic carbocycles. The Morgan fingerprint density at radius 2 is 0.895 bits per heavy atom. The van der Waals surface area contributed by atoms with Crippen LogP contribution in [0.15, 0.2) is 191 Å². The van der Waals surface area contributed by atoms with Gasteiger partial charge >= 0.3 is 0 Å². The van der Waals surface area contributed by atoms with Crippen molar-refractivity contribution in [3.8, 4) is 51.0 Å². The van der Waals surface area contributed by atoms with E-state index in [0.29, 0.717) is 17.5 Å². The molecule has 4 aromatic heterocycles. The normalized spacial score (nSPS) is 11.9. The minimum atomic E-state index is 0.554. The molecule has 0 unspecified atom stereocenters. The summed E-state index contributed by atoms with van der Waals surface area (Å²) >= 11 is 0. The third kappa shape index (κ3) is 4.87. The molecule has 0 radical (unpaired) electrons. The van der Waals surface area contributed by atoms with Gasteiger partial charge in [0.05, 0.1) is 27.7 Å². The standard InChI is InChI=1S/C51H30N4O2/c1-3-14-31(15-4-1)49-52-50(32-16-5-2-6-17-32)54-51(53-49)40-23-12-21-38-37-29-28-33(30-45(37)57-48(38)40)34-20-11-22-39-46-43(26-13-27-44(46)56-47(34)39)55-41-24-9-7-18-35(41)36-19-8-10-25-42(36)55/h1-30H.